The minimum atomic E-state index is -1.79. The van der Waals surface area contributed by atoms with Gasteiger partial charge in [0.05, 0.1) is 50.7 Å². The van der Waals surface area contributed by atoms with Crippen molar-refractivity contribution in [1.29, 1.82) is 0 Å². The number of hydrogen-bond donors (Lipinski definition) is 2. The van der Waals surface area contributed by atoms with E-state index in [4.69, 9.17) is 33.2 Å². The van der Waals surface area contributed by atoms with Crippen LogP contribution in [-0.4, -0.2) is 140 Å². The first-order valence-electron chi connectivity index (χ1n) is 22.0. The van der Waals surface area contributed by atoms with E-state index in [0.29, 0.717) is 6.42 Å². The quantitative estimate of drug-likeness (QED) is 0.173. The molecular weight excluding hydrogens is 831 g/mol. The van der Waals surface area contributed by atoms with Crippen LogP contribution in [0.5, 0.6) is 0 Å². The number of cyclic esters (lactones) is 1. The smallest absolute Gasteiger partial charge is 0.408 e. The van der Waals surface area contributed by atoms with Crippen LogP contribution in [0.15, 0.2) is 42.6 Å². The van der Waals surface area contributed by atoms with Crippen molar-refractivity contribution in [3.8, 4) is 0 Å². The maximum absolute atomic E-state index is 15.1. The number of nitrogens with one attached hydrogen (secondary N) is 1. The van der Waals surface area contributed by atoms with Gasteiger partial charge in [0.2, 0.25) is 0 Å². The van der Waals surface area contributed by atoms with E-state index in [1.165, 1.54) is 6.92 Å². The number of carbonyl (C=O) groups is 6. The van der Waals surface area contributed by atoms with Crippen LogP contribution in [0.2, 0.25) is 0 Å². The Kier molecular flexibility index (Phi) is 16.8. The molecule has 64 heavy (non-hydrogen) atoms. The van der Waals surface area contributed by atoms with E-state index in [0.717, 1.165) is 30.7 Å². The number of aliphatic hydroxyl groups is 1. The molecule has 3 fully saturated rings. The lowest BCUT2D eigenvalue weighted by atomic mass is 9.73. The van der Waals surface area contributed by atoms with Gasteiger partial charge in [-0.25, -0.2) is 4.79 Å². The highest BCUT2D eigenvalue weighted by molar-refractivity contribution is 6.03. The number of para-hydroxylation sites is 1. The number of ether oxygens (including phenoxy) is 7. The molecule has 2 unspecified atom stereocenters. The number of carbonyl (C=O) groups excluding carboxylic acids is 6. The Hall–Kier alpha value is -4.81. The summed E-state index contributed by atoms with van der Waals surface area (Å²) in [5.41, 5.74) is 0.0393. The van der Waals surface area contributed by atoms with Crippen molar-refractivity contribution in [1.82, 2.24) is 15.2 Å². The fourth-order valence-electron chi connectivity index (χ4n) is 9.61. The number of hydrogen-bond acceptors (Lipinski definition) is 16. The van der Waals surface area contributed by atoms with E-state index < -0.39 is 120 Å². The molecule has 2 aromatic rings. The highest BCUT2D eigenvalue weighted by Gasteiger charge is 2.57. The third-order valence-corrected chi connectivity index (χ3v) is 13.3. The van der Waals surface area contributed by atoms with E-state index in [1.807, 2.05) is 62.3 Å². The number of likely N-dealkylation sites (N-methyl/N-ethyl adjacent to an activating group) is 1. The van der Waals surface area contributed by atoms with Gasteiger partial charge in [-0.3, -0.25) is 29.0 Å². The van der Waals surface area contributed by atoms with Gasteiger partial charge in [0.1, 0.15) is 23.9 Å². The van der Waals surface area contributed by atoms with E-state index in [1.54, 1.807) is 46.9 Å². The number of ketones is 2. The molecule has 0 saturated carbocycles. The van der Waals surface area contributed by atoms with Crippen molar-refractivity contribution >= 4 is 52.5 Å². The van der Waals surface area contributed by atoms with Gasteiger partial charge < -0.3 is 48.5 Å². The third-order valence-electron chi connectivity index (χ3n) is 13.3. The predicted octanol–water partition coefficient (Wildman–Crippen LogP) is 4.30. The molecule has 3 saturated heterocycles. The van der Waals surface area contributed by atoms with E-state index >= 15 is 4.79 Å². The van der Waals surface area contributed by atoms with Crippen molar-refractivity contribution in [3.05, 3.63) is 48.2 Å². The lowest BCUT2D eigenvalue weighted by Crippen LogP contribution is -2.59. The SMILES string of the molecule is CC[C@@H]1OC(=O)C(CC(C(=O)OC)C(=O)OC)C(=O)[C@H](C)[C@@H](O[C@@H]2O[C@H](C)C[C@H](N(C)C)[C@H]2O)[C@H](C)[C@@H](OC/C=C/c2cnc3ccccc3c2)[C@@H](C)C(=O)[C@@H](C)C2NC(=O)O[C@@]21C. The summed E-state index contributed by atoms with van der Waals surface area (Å²) in [6, 6.07) is 8.28. The molecule has 3 aliphatic rings. The molecule has 14 atom stereocenters. The Morgan fingerprint density at radius 1 is 0.984 bits per heavy atom. The second-order valence-corrected chi connectivity index (χ2v) is 17.8. The predicted molar refractivity (Wildman–Crippen MR) is 232 cm³/mol. The molecule has 0 spiro atoms. The van der Waals surface area contributed by atoms with Crippen molar-refractivity contribution in [2.45, 2.75) is 122 Å². The number of aliphatic hydroxyl groups excluding tert-OH is 1. The maximum Gasteiger partial charge on any atom is 0.408 e. The highest BCUT2D eigenvalue weighted by atomic mass is 16.7. The maximum atomic E-state index is 15.1. The van der Waals surface area contributed by atoms with Crippen molar-refractivity contribution in [3.63, 3.8) is 0 Å². The molecule has 1 amide bonds. The summed E-state index contributed by atoms with van der Waals surface area (Å²) in [7, 11) is 5.76. The minimum Gasteiger partial charge on any atom is -0.468 e. The zero-order valence-electron chi connectivity index (χ0n) is 38.7. The van der Waals surface area contributed by atoms with Gasteiger partial charge in [-0.15, -0.1) is 0 Å². The average Bonchev–Trinajstić information content (AvgIpc) is 3.59. The molecule has 17 nitrogen and oxygen atoms in total. The van der Waals surface area contributed by atoms with Crippen LogP contribution in [0.1, 0.15) is 73.3 Å². The monoisotopic (exact) mass is 895 g/mol. The summed E-state index contributed by atoms with van der Waals surface area (Å²) < 4.78 is 41.3. The Labute approximate surface area is 374 Å². The van der Waals surface area contributed by atoms with Gasteiger partial charge in [-0.1, -0.05) is 65.0 Å². The molecule has 4 heterocycles. The minimum absolute atomic E-state index is 0.00103. The molecule has 352 valence electrons. The zero-order valence-corrected chi connectivity index (χ0v) is 38.7. The topological polar surface area (TPSA) is 215 Å². The number of alkyl carbamates (subject to hydrolysis) is 1. The van der Waals surface area contributed by atoms with Crippen LogP contribution in [0.4, 0.5) is 4.79 Å². The number of pyridine rings is 1. The van der Waals surface area contributed by atoms with Crippen LogP contribution in [0, 0.1) is 35.5 Å². The number of aromatic nitrogens is 1. The van der Waals surface area contributed by atoms with Gasteiger partial charge in [-0.05, 0) is 64.9 Å². The molecule has 0 bridgehead atoms. The number of fused-ring (bicyclic) bond motifs is 2. The number of amides is 1. The van der Waals surface area contributed by atoms with E-state index in [9.17, 15) is 29.1 Å². The molecule has 5 rings (SSSR count). The fourth-order valence-corrected chi connectivity index (χ4v) is 9.61. The Morgan fingerprint density at radius 3 is 2.28 bits per heavy atom. The normalized spacial score (nSPS) is 34.2. The van der Waals surface area contributed by atoms with Gasteiger partial charge in [0.15, 0.2) is 23.6 Å². The summed E-state index contributed by atoms with van der Waals surface area (Å²) in [5, 5.41) is 15.4. The largest absolute Gasteiger partial charge is 0.468 e. The molecule has 3 aliphatic heterocycles. The van der Waals surface area contributed by atoms with Crippen molar-refractivity contribution in [2.24, 2.45) is 35.5 Å². The van der Waals surface area contributed by atoms with Crippen molar-refractivity contribution < 1.29 is 67.0 Å². The van der Waals surface area contributed by atoms with Crippen LogP contribution in [0.3, 0.4) is 0 Å². The second-order valence-electron chi connectivity index (χ2n) is 17.8. The van der Waals surface area contributed by atoms with E-state index in [-0.39, 0.29) is 24.9 Å². The summed E-state index contributed by atoms with van der Waals surface area (Å²) >= 11 is 0. The lowest BCUT2D eigenvalue weighted by molar-refractivity contribution is -0.282. The Bertz CT molecular complexity index is 2030. The molecule has 17 heteroatoms. The number of Topliss-reactive ketones (excluding diaryl/α,β-unsaturated/α-hetero) is 2. The van der Waals surface area contributed by atoms with Crippen LogP contribution in [0.25, 0.3) is 17.0 Å². The summed E-state index contributed by atoms with van der Waals surface area (Å²) in [4.78, 5) is 90.1. The fraction of sp³-hybridized carbons (Fsp3) is 0.638. The van der Waals surface area contributed by atoms with Crippen LogP contribution in [-0.2, 0) is 57.1 Å². The average molecular weight is 896 g/mol. The highest BCUT2D eigenvalue weighted by Crippen LogP contribution is 2.40. The molecule has 0 aliphatic carbocycles. The molecule has 1 aromatic carbocycles. The molecular formula is C47H65N3O14. The molecule has 1 aromatic heterocycles. The van der Waals surface area contributed by atoms with Gasteiger partial charge in [0, 0.05) is 41.3 Å². The number of nitrogens with zero attached hydrogens (tertiary/aromatic N) is 2. The van der Waals surface area contributed by atoms with Gasteiger partial charge >= 0.3 is 24.0 Å². The number of rotatable bonds is 12. The first kappa shape index (κ1) is 50.2. The van der Waals surface area contributed by atoms with Crippen molar-refractivity contribution in [2.75, 3.05) is 34.9 Å². The second kappa shape index (κ2) is 21.5. The summed E-state index contributed by atoms with van der Waals surface area (Å²) in [6.07, 6.45) is -1.89. The summed E-state index contributed by atoms with van der Waals surface area (Å²) in [6.45, 7) is 11.7. The van der Waals surface area contributed by atoms with Gasteiger partial charge in [-0.2, -0.15) is 0 Å². The molecule has 0 radical (unpaired) electrons. The van der Waals surface area contributed by atoms with Gasteiger partial charge in [0.25, 0.3) is 0 Å². The Balaban J connectivity index is 1.64. The molecule has 2 N–H and O–H groups in total. The first-order chi connectivity index (χ1) is 30.3. The number of esters is 3. The number of benzene rings is 1. The Morgan fingerprint density at radius 2 is 1.64 bits per heavy atom. The third kappa shape index (κ3) is 10.8. The summed E-state index contributed by atoms with van der Waals surface area (Å²) in [5.74, 6) is -11.7. The zero-order chi connectivity index (χ0) is 47.2. The standard InChI is InChI=1S/C47H65N3O14/c1-12-35-47(7)41(49-46(57)64-47)27(5)36(51)25(3)39(60-19-15-16-29-21-30-17-13-14-18-33(30)48-23-29)28(6)40(63-45-38(53)34(50(8)9)20-24(2)61-45)26(4)37(52)31(44(56)62-35)22-32(42(54)58-10)43(55)59-11/h13-18,21,23-28,31-32,34-35,38-41,45,53H,12,19-20,22H2,1-11H3,(H,49,57)/b16-15+/t24-,25+,26+,27-,28-,31?,34+,35+,38-,39+,40-,41?,45+,47-/m1/s1. The lowest BCUT2D eigenvalue weighted by Gasteiger charge is -2.45. The van der Waals surface area contributed by atoms with Crippen LogP contribution < -0.4 is 5.32 Å². The first-order valence-corrected chi connectivity index (χ1v) is 22.0. The van der Waals surface area contributed by atoms with Crippen LogP contribution >= 0.6 is 0 Å². The van der Waals surface area contributed by atoms with E-state index in [2.05, 4.69) is 10.3 Å². The number of methoxy groups -OCH3 is 2.